The molecule has 1 aromatic rings. The lowest BCUT2D eigenvalue weighted by Gasteiger charge is -2.30. The molecule has 0 aliphatic heterocycles. The lowest BCUT2D eigenvalue weighted by atomic mass is 9.92. The van der Waals surface area contributed by atoms with E-state index < -0.39 is 0 Å². The first-order chi connectivity index (χ1) is 8.33. The van der Waals surface area contributed by atoms with Crippen LogP contribution in [0.4, 0.5) is 0 Å². The van der Waals surface area contributed by atoms with Crippen molar-refractivity contribution in [1.82, 2.24) is 10.3 Å². The Morgan fingerprint density at radius 3 is 2.33 bits per heavy atom. The summed E-state index contributed by atoms with van der Waals surface area (Å²) in [6, 6.07) is 0.519. The summed E-state index contributed by atoms with van der Waals surface area (Å²) in [4.78, 5) is 4.94. The second-order valence-corrected chi connectivity index (χ2v) is 7.73. The van der Waals surface area contributed by atoms with Crippen molar-refractivity contribution in [3.63, 3.8) is 0 Å². The fraction of sp³-hybridized carbons (Fsp3) is 0.800. The maximum atomic E-state index is 4.94. The van der Waals surface area contributed by atoms with Gasteiger partial charge >= 0.3 is 0 Å². The fourth-order valence-corrected chi connectivity index (χ4v) is 4.06. The predicted octanol–water partition coefficient (Wildman–Crippen LogP) is 4.21. The number of hydrogen-bond acceptors (Lipinski definition) is 3. The Bertz CT molecular complexity index is 395. The van der Waals surface area contributed by atoms with Gasteiger partial charge in [0.2, 0.25) is 0 Å². The van der Waals surface area contributed by atoms with Crippen LogP contribution in [-0.2, 0) is 11.0 Å². The number of nitrogens with one attached hydrogen (secondary N) is 1. The van der Waals surface area contributed by atoms with Crippen molar-refractivity contribution in [2.75, 3.05) is 0 Å². The zero-order chi connectivity index (χ0) is 13.4. The molecule has 0 spiro atoms. The van der Waals surface area contributed by atoms with E-state index in [1.807, 2.05) is 11.3 Å². The van der Waals surface area contributed by atoms with Crippen LogP contribution in [0.2, 0.25) is 0 Å². The molecular weight excluding hydrogens is 240 g/mol. The van der Waals surface area contributed by atoms with Gasteiger partial charge in [0.05, 0.1) is 11.2 Å². The Morgan fingerprint density at radius 2 is 1.89 bits per heavy atom. The van der Waals surface area contributed by atoms with Crippen molar-refractivity contribution in [2.24, 2.45) is 0 Å². The minimum absolute atomic E-state index is 0.155. The molecule has 1 N–H and O–H groups in total. The Hall–Kier alpha value is -0.410. The van der Waals surface area contributed by atoms with Crippen molar-refractivity contribution in [3.8, 4) is 0 Å². The van der Waals surface area contributed by atoms with Gasteiger partial charge in [-0.05, 0) is 26.7 Å². The highest BCUT2D eigenvalue weighted by Gasteiger charge is 2.39. The van der Waals surface area contributed by atoms with E-state index in [0.717, 1.165) is 0 Å². The molecule has 18 heavy (non-hydrogen) atoms. The molecule has 1 aliphatic carbocycles. The smallest absolute Gasteiger partial charge is 0.113 e. The molecule has 0 atom stereocenters. The molecular formula is C15H26N2S. The average Bonchev–Trinajstić information content (AvgIpc) is 2.82. The van der Waals surface area contributed by atoms with E-state index in [9.17, 15) is 0 Å². The number of thiazole rings is 1. The Kier molecular flexibility index (Phi) is 3.84. The summed E-state index contributed by atoms with van der Waals surface area (Å²) >= 11 is 1.84. The van der Waals surface area contributed by atoms with Crippen LogP contribution in [0.1, 0.15) is 71.0 Å². The third-order valence-electron chi connectivity index (χ3n) is 3.70. The summed E-state index contributed by atoms with van der Waals surface area (Å²) in [6.45, 7) is 11.2. The van der Waals surface area contributed by atoms with E-state index in [4.69, 9.17) is 4.98 Å². The van der Waals surface area contributed by atoms with Gasteiger partial charge in [0, 0.05) is 16.8 Å². The van der Waals surface area contributed by atoms with E-state index in [-0.39, 0.29) is 11.0 Å². The maximum absolute atomic E-state index is 4.94. The average molecular weight is 266 g/mol. The van der Waals surface area contributed by atoms with E-state index in [1.54, 1.807) is 0 Å². The fourth-order valence-electron chi connectivity index (χ4n) is 2.79. The molecule has 0 saturated heterocycles. The summed E-state index contributed by atoms with van der Waals surface area (Å²) in [5.74, 6) is 0. The molecule has 1 aliphatic rings. The predicted molar refractivity (Wildman–Crippen MR) is 79.2 cm³/mol. The van der Waals surface area contributed by atoms with Gasteiger partial charge in [-0.2, -0.15) is 0 Å². The van der Waals surface area contributed by atoms with Crippen LogP contribution in [0.25, 0.3) is 0 Å². The van der Waals surface area contributed by atoms with Crippen molar-refractivity contribution in [3.05, 3.63) is 16.1 Å². The van der Waals surface area contributed by atoms with Crippen molar-refractivity contribution >= 4 is 11.3 Å². The van der Waals surface area contributed by atoms with E-state index in [1.165, 1.54) is 36.4 Å². The molecule has 1 fully saturated rings. The third-order valence-corrected chi connectivity index (χ3v) is 4.75. The molecule has 1 aromatic heterocycles. The summed E-state index contributed by atoms with van der Waals surface area (Å²) in [6.07, 6.45) is 5.12. The standard InChI is InChI=1S/C15H26N2S/c1-11(2)17-15(8-6-7-9-15)13-16-12(10-18-13)14(3,4)5/h10-11,17H,6-9H2,1-5H3. The van der Waals surface area contributed by atoms with Gasteiger partial charge in [0.25, 0.3) is 0 Å². The van der Waals surface area contributed by atoms with Crippen molar-refractivity contribution < 1.29 is 0 Å². The van der Waals surface area contributed by atoms with Crippen molar-refractivity contribution in [1.29, 1.82) is 0 Å². The highest BCUT2D eigenvalue weighted by Crippen LogP contribution is 2.41. The van der Waals surface area contributed by atoms with Crippen LogP contribution in [-0.4, -0.2) is 11.0 Å². The van der Waals surface area contributed by atoms with Gasteiger partial charge in [-0.3, -0.25) is 0 Å². The molecule has 1 heterocycles. The summed E-state index contributed by atoms with van der Waals surface area (Å²) < 4.78 is 0. The topological polar surface area (TPSA) is 24.9 Å². The first kappa shape index (κ1) is 14.0. The van der Waals surface area contributed by atoms with E-state index >= 15 is 0 Å². The van der Waals surface area contributed by atoms with Crippen LogP contribution in [0.15, 0.2) is 5.38 Å². The maximum Gasteiger partial charge on any atom is 0.113 e. The second kappa shape index (κ2) is 4.93. The number of rotatable bonds is 3. The van der Waals surface area contributed by atoms with Crippen LogP contribution < -0.4 is 5.32 Å². The Balaban J connectivity index is 2.29. The molecule has 102 valence electrons. The zero-order valence-electron chi connectivity index (χ0n) is 12.3. The lowest BCUT2D eigenvalue weighted by molar-refractivity contribution is 0.309. The minimum Gasteiger partial charge on any atom is -0.303 e. The highest BCUT2D eigenvalue weighted by atomic mass is 32.1. The van der Waals surface area contributed by atoms with Gasteiger partial charge in [-0.15, -0.1) is 11.3 Å². The zero-order valence-corrected chi connectivity index (χ0v) is 13.2. The third kappa shape index (κ3) is 2.77. The molecule has 0 amide bonds. The molecule has 3 heteroatoms. The van der Waals surface area contributed by atoms with Crippen LogP contribution in [0, 0.1) is 0 Å². The molecule has 1 saturated carbocycles. The van der Waals surface area contributed by atoms with Crippen LogP contribution >= 0.6 is 11.3 Å². The first-order valence-corrected chi connectivity index (χ1v) is 7.96. The summed E-state index contributed by atoms with van der Waals surface area (Å²) in [5, 5.41) is 7.34. The van der Waals surface area contributed by atoms with Crippen molar-refractivity contribution in [2.45, 2.75) is 77.3 Å². The highest BCUT2D eigenvalue weighted by molar-refractivity contribution is 7.09. The molecule has 2 rings (SSSR count). The molecule has 0 aromatic carbocycles. The Labute approximate surface area is 115 Å². The van der Waals surface area contributed by atoms with Gasteiger partial charge in [-0.1, -0.05) is 33.6 Å². The van der Waals surface area contributed by atoms with Crippen LogP contribution in [0.3, 0.4) is 0 Å². The quantitative estimate of drug-likeness (QED) is 0.886. The van der Waals surface area contributed by atoms with Gasteiger partial charge in [0.1, 0.15) is 5.01 Å². The Morgan fingerprint density at radius 1 is 1.28 bits per heavy atom. The summed E-state index contributed by atoms with van der Waals surface area (Å²) in [7, 11) is 0. The van der Waals surface area contributed by atoms with E-state index in [2.05, 4.69) is 45.3 Å². The van der Waals surface area contributed by atoms with Gasteiger partial charge < -0.3 is 5.32 Å². The number of aromatic nitrogens is 1. The SMILES string of the molecule is CC(C)NC1(c2nc(C(C)(C)C)cs2)CCCC1. The second-order valence-electron chi connectivity index (χ2n) is 6.88. The number of hydrogen-bond donors (Lipinski definition) is 1. The first-order valence-electron chi connectivity index (χ1n) is 7.08. The van der Waals surface area contributed by atoms with Gasteiger partial charge in [0.15, 0.2) is 0 Å². The molecule has 0 bridgehead atoms. The largest absolute Gasteiger partial charge is 0.303 e. The van der Waals surface area contributed by atoms with Crippen LogP contribution in [0.5, 0.6) is 0 Å². The molecule has 0 unspecified atom stereocenters. The van der Waals surface area contributed by atoms with E-state index in [0.29, 0.717) is 6.04 Å². The molecule has 2 nitrogen and oxygen atoms in total. The lowest BCUT2D eigenvalue weighted by Crippen LogP contribution is -2.43. The summed E-state index contributed by atoms with van der Waals surface area (Å²) in [5.41, 5.74) is 1.55. The monoisotopic (exact) mass is 266 g/mol. The van der Waals surface area contributed by atoms with Gasteiger partial charge in [-0.25, -0.2) is 4.98 Å². The normalized spacial score (nSPS) is 19.7. The number of nitrogens with zero attached hydrogens (tertiary/aromatic N) is 1. The molecule has 0 radical (unpaired) electrons. The minimum atomic E-state index is 0.155.